The number of hydrogen-bond donors (Lipinski definition) is 4. The summed E-state index contributed by atoms with van der Waals surface area (Å²) >= 11 is 1.06. The van der Waals surface area contributed by atoms with Crippen LogP contribution in [0.2, 0.25) is 0 Å². The summed E-state index contributed by atoms with van der Waals surface area (Å²) in [7, 11) is 0. The number of aryl methyl sites for hydroxylation is 2. The van der Waals surface area contributed by atoms with Crippen LogP contribution in [-0.2, 0) is 4.79 Å². The normalized spacial score (nSPS) is 11.6. The number of benzene rings is 1. The molecule has 0 aliphatic heterocycles. The first-order valence-corrected chi connectivity index (χ1v) is 8.38. The van der Waals surface area contributed by atoms with Crippen molar-refractivity contribution in [3.05, 3.63) is 35.4 Å². The molecule has 6 N–H and O–H groups in total. The van der Waals surface area contributed by atoms with Crippen molar-refractivity contribution in [2.24, 2.45) is 0 Å². The molecule has 3 amide bonds. The third-order valence-electron chi connectivity index (χ3n) is 3.26. The van der Waals surface area contributed by atoms with E-state index < -0.39 is 17.2 Å². The number of rotatable bonds is 4. The monoisotopic (exact) mass is 360 g/mol. The average Bonchev–Trinajstić information content (AvgIpc) is 2.49. The van der Waals surface area contributed by atoms with Gasteiger partial charge in [-0.2, -0.15) is 0 Å². The maximum Gasteiger partial charge on any atom is 0.325 e. The number of aromatic nitrogens is 2. The molecule has 0 bridgehead atoms. The molecule has 2 rings (SSSR count). The lowest BCUT2D eigenvalue weighted by Gasteiger charge is -2.13. The van der Waals surface area contributed by atoms with Gasteiger partial charge in [0.1, 0.15) is 11.6 Å². The summed E-state index contributed by atoms with van der Waals surface area (Å²) in [6, 6.07) is 6.43. The standard InChI is InChI=1S/C16H20N6O2S/c1-8-4-5-11(9(2)6-8)19-15(24)22-14(23)10(3)25-16-20-12(17)7-13(18)21-16/h4-7,10H,1-3H3,(H4,17,18,20,21)(H2,19,22,23,24). The molecule has 0 fully saturated rings. The minimum atomic E-state index is -0.605. The third kappa shape index (κ3) is 5.35. The molecule has 25 heavy (non-hydrogen) atoms. The Labute approximate surface area is 149 Å². The molecule has 8 nitrogen and oxygen atoms in total. The Balaban J connectivity index is 1.94. The molecule has 1 aromatic carbocycles. The van der Waals surface area contributed by atoms with Gasteiger partial charge in [-0.05, 0) is 32.4 Å². The van der Waals surface area contributed by atoms with E-state index in [0.29, 0.717) is 5.69 Å². The van der Waals surface area contributed by atoms with Crippen LogP contribution in [-0.4, -0.2) is 27.2 Å². The molecule has 0 radical (unpaired) electrons. The Morgan fingerprint density at radius 3 is 2.36 bits per heavy atom. The van der Waals surface area contributed by atoms with Gasteiger partial charge < -0.3 is 16.8 Å². The average molecular weight is 360 g/mol. The van der Waals surface area contributed by atoms with Crippen molar-refractivity contribution in [1.29, 1.82) is 0 Å². The van der Waals surface area contributed by atoms with Crippen molar-refractivity contribution in [3.63, 3.8) is 0 Å². The number of nitrogens with two attached hydrogens (primary N) is 2. The quantitative estimate of drug-likeness (QED) is 0.484. The Kier molecular flexibility index (Phi) is 5.81. The van der Waals surface area contributed by atoms with E-state index in [4.69, 9.17) is 11.5 Å². The number of carbonyl (C=O) groups is 2. The van der Waals surface area contributed by atoms with E-state index in [9.17, 15) is 9.59 Å². The van der Waals surface area contributed by atoms with Gasteiger partial charge in [-0.25, -0.2) is 14.8 Å². The lowest BCUT2D eigenvalue weighted by atomic mass is 10.1. The summed E-state index contributed by atoms with van der Waals surface area (Å²) < 4.78 is 0. The summed E-state index contributed by atoms with van der Waals surface area (Å²) in [6.45, 7) is 5.47. The van der Waals surface area contributed by atoms with Crippen molar-refractivity contribution >= 4 is 41.0 Å². The number of thioether (sulfide) groups is 1. The van der Waals surface area contributed by atoms with Crippen LogP contribution >= 0.6 is 11.8 Å². The molecule has 2 aromatic rings. The summed E-state index contributed by atoms with van der Waals surface area (Å²) in [5.74, 6) is -0.0396. The zero-order valence-corrected chi connectivity index (χ0v) is 15.0. The number of nitrogens with one attached hydrogen (secondary N) is 2. The van der Waals surface area contributed by atoms with Gasteiger partial charge in [0.15, 0.2) is 5.16 Å². The summed E-state index contributed by atoms with van der Waals surface area (Å²) in [5.41, 5.74) is 13.8. The van der Waals surface area contributed by atoms with E-state index in [1.165, 1.54) is 6.07 Å². The fourth-order valence-corrected chi connectivity index (χ4v) is 2.85. The molecule has 0 spiro atoms. The highest BCUT2D eigenvalue weighted by molar-refractivity contribution is 8.00. The number of imide groups is 1. The van der Waals surface area contributed by atoms with Gasteiger partial charge in [0.25, 0.3) is 0 Å². The molecule has 9 heteroatoms. The first kappa shape index (κ1) is 18.5. The molecular weight excluding hydrogens is 340 g/mol. The summed E-state index contributed by atoms with van der Waals surface area (Å²) in [5, 5.41) is 4.61. The Morgan fingerprint density at radius 2 is 1.76 bits per heavy atom. The molecule has 132 valence electrons. The number of amides is 3. The Hall–Kier alpha value is -2.81. The minimum Gasteiger partial charge on any atom is -0.383 e. The van der Waals surface area contributed by atoms with Gasteiger partial charge in [0, 0.05) is 11.8 Å². The number of urea groups is 1. The van der Waals surface area contributed by atoms with Gasteiger partial charge in [-0.3, -0.25) is 10.1 Å². The number of nitrogens with zero attached hydrogens (tertiary/aromatic N) is 2. The van der Waals surface area contributed by atoms with Crippen LogP contribution in [0.3, 0.4) is 0 Å². The zero-order valence-electron chi connectivity index (χ0n) is 14.2. The van der Waals surface area contributed by atoms with E-state index in [0.717, 1.165) is 22.9 Å². The van der Waals surface area contributed by atoms with Gasteiger partial charge in [-0.1, -0.05) is 29.5 Å². The van der Waals surface area contributed by atoms with E-state index >= 15 is 0 Å². The molecule has 1 atom stereocenters. The van der Waals surface area contributed by atoms with Crippen LogP contribution in [0.1, 0.15) is 18.1 Å². The first-order valence-electron chi connectivity index (χ1n) is 7.50. The number of nitrogen functional groups attached to an aromatic ring is 2. The minimum absolute atomic E-state index is 0.218. The van der Waals surface area contributed by atoms with Crippen molar-refractivity contribution in [3.8, 4) is 0 Å². The zero-order chi connectivity index (χ0) is 18.6. The molecular formula is C16H20N6O2S. The molecule has 1 unspecified atom stereocenters. The Morgan fingerprint density at radius 1 is 1.12 bits per heavy atom. The van der Waals surface area contributed by atoms with Gasteiger partial charge in [0.05, 0.1) is 5.25 Å². The van der Waals surface area contributed by atoms with Crippen LogP contribution in [0.5, 0.6) is 0 Å². The lowest BCUT2D eigenvalue weighted by Crippen LogP contribution is -2.39. The van der Waals surface area contributed by atoms with E-state index in [1.54, 1.807) is 13.0 Å². The lowest BCUT2D eigenvalue weighted by molar-refractivity contribution is -0.119. The van der Waals surface area contributed by atoms with Gasteiger partial charge >= 0.3 is 6.03 Å². The molecule has 0 saturated carbocycles. The second-order valence-corrected chi connectivity index (χ2v) is 6.83. The third-order valence-corrected chi connectivity index (χ3v) is 4.22. The van der Waals surface area contributed by atoms with E-state index in [-0.39, 0.29) is 16.8 Å². The van der Waals surface area contributed by atoms with Crippen LogP contribution in [0.4, 0.5) is 22.1 Å². The largest absolute Gasteiger partial charge is 0.383 e. The van der Waals surface area contributed by atoms with Crippen molar-refractivity contribution in [1.82, 2.24) is 15.3 Å². The van der Waals surface area contributed by atoms with E-state index in [1.807, 2.05) is 26.0 Å². The van der Waals surface area contributed by atoms with Crippen LogP contribution < -0.4 is 22.1 Å². The molecule has 1 aromatic heterocycles. The smallest absolute Gasteiger partial charge is 0.325 e. The SMILES string of the molecule is Cc1ccc(NC(=O)NC(=O)C(C)Sc2nc(N)cc(N)n2)c(C)c1. The molecule has 1 heterocycles. The van der Waals surface area contributed by atoms with Gasteiger partial charge in [-0.15, -0.1) is 0 Å². The van der Waals surface area contributed by atoms with Crippen molar-refractivity contribution < 1.29 is 9.59 Å². The van der Waals surface area contributed by atoms with Crippen molar-refractivity contribution in [2.45, 2.75) is 31.2 Å². The maximum atomic E-state index is 12.1. The van der Waals surface area contributed by atoms with Gasteiger partial charge in [0.2, 0.25) is 5.91 Å². The fraction of sp³-hybridized carbons (Fsp3) is 0.250. The molecule has 0 saturated heterocycles. The van der Waals surface area contributed by atoms with Crippen LogP contribution in [0.15, 0.2) is 29.4 Å². The summed E-state index contributed by atoms with van der Waals surface area (Å²) in [6.07, 6.45) is 0. The summed E-state index contributed by atoms with van der Waals surface area (Å²) in [4.78, 5) is 32.1. The second-order valence-electron chi connectivity index (χ2n) is 5.52. The predicted molar refractivity (Wildman–Crippen MR) is 99.3 cm³/mol. The highest BCUT2D eigenvalue weighted by Crippen LogP contribution is 2.21. The fourth-order valence-electron chi connectivity index (χ4n) is 2.05. The highest BCUT2D eigenvalue weighted by atomic mass is 32.2. The number of anilines is 3. The maximum absolute atomic E-state index is 12.1. The second kappa shape index (κ2) is 7.84. The predicted octanol–water partition coefficient (Wildman–Crippen LogP) is 2.09. The van der Waals surface area contributed by atoms with Crippen molar-refractivity contribution in [2.75, 3.05) is 16.8 Å². The number of hydrogen-bond acceptors (Lipinski definition) is 7. The van der Waals surface area contributed by atoms with Crippen LogP contribution in [0.25, 0.3) is 0 Å². The molecule has 0 aliphatic carbocycles. The highest BCUT2D eigenvalue weighted by Gasteiger charge is 2.19. The first-order chi connectivity index (χ1) is 11.7. The topological polar surface area (TPSA) is 136 Å². The molecule has 0 aliphatic rings. The number of carbonyl (C=O) groups excluding carboxylic acids is 2. The Bertz CT molecular complexity index is 791. The van der Waals surface area contributed by atoms with E-state index in [2.05, 4.69) is 20.6 Å². The van der Waals surface area contributed by atoms with Crippen LogP contribution in [0, 0.1) is 13.8 Å².